The molecule has 0 unspecified atom stereocenters. The van der Waals surface area contributed by atoms with Gasteiger partial charge in [0.2, 0.25) is 0 Å². The third-order valence-corrected chi connectivity index (χ3v) is 2.74. The highest BCUT2D eigenvalue weighted by Gasteiger charge is 2.19. The number of rotatable bonds is 8. The minimum absolute atomic E-state index is 0.0398. The van der Waals surface area contributed by atoms with Gasteiger partial charge in [0.25, 0.3) is 0 Å². The fraction of sp³-hybridized carbons (Fsp3) is 0.375. The summed E-state index contributed by atoms with van der Waals surface area (Å²) in [5, 5.41) is 0. The summed E-state index contributed by atoms with van der Waals surface area (Å²) in [5.41, 5.74) is 0.137. The van der Waals surface area contributed by atoms with Crippen molar-refractivity contribution in [1.82, 2.24) is 0 Å². The van der Waals surface area contributed by atoms with Gasteiger partial charge >= 0.3 is 11.9 Å². The predicted octanol–water partition coefficient (Wildman–Crippen LogP) is 1.96. The molecular formula is C16H18O6. The van der Waals surface area contributed by atoms with E-state index < -0.39 is 11.9 Å². The molecule has 0 aliphatic rings. The standard InChI is InChI=1S/C16H18O6/c1-11(17)7-9-21-15(19)13-5-3-4-6-14(13)16(20)22-10-8-12(2)18/h3-6H,7-10H2,1-2H3. The lowest BCUT2D eigenvalue weighted by molar-refractivity contribution is -0.118. The maximum atomic E-state index is 11.9. The van der Waals surface area contributed by atoms with Crippen LogP contribution in [0.15, 0.2) is 24.3 Å². The Morgan fingerprint density at radius 1 is 0.773 bits per heavy atom. The van der Waals surface area contributed by atoms with Crippen LogP contribution in [0.5, 0.6) is 0 Å². The molecule has 0 saturated carbocycles. The predicted molar refractivity (Wildman–Crippen MR) is 77.6 cm³/mol. The second kappa shape index (κ2) is 8.71. The van der Waals surface area contributed by atoms with Gasteiger partial charge in [-0.05, 0) is 26.0 Å². The van der Waals surface area contributed by atoms with Gasteiger partial charge in [0.15, 0.2) is 0 Å². The first-order chi connectivity index (χ1) is 10.4. The zero-order valence-corrected chi connectivity index (χ0v) is 12.6. The highest BCUT2D eigenvalue weighted by atomic mass is 16.5. The van der Waals surface area contributed by atoms with E-state index in [1.54, 1.807) is 12.1 Å². The number of Topliss-reactive ketones (excluding diaryl/α,β-unsaturated/α-hetero) is 2. The maximum absolute atomic E-state index is 11.9. The third-order valence-electron chi connectivity index (χ3n) is 2.74. The van der Waals surface area contributed by atoms with E-state index in [0.29, 0.717) is 0 Å². The van der Waals surface area contributed by atoms with Gasteiger partial charge < -0.3 is 9.47 Å². The number of ether oxygens (including phenoxy) is 2. The van der Waals surface area contributed by atoms with Crippen molar-refractivity contribution >= 4 is 23.5 Å². The Kier molecular flexibility index (Phi) is 6.95. The van der Waals surface area contributed by atoms with Crippen molar-refractivity contribution in [3.05, 3.63) is 35.4 Å². The van der Waals surface area contributed by atoms with Crippen LogP contribution in [-0.2, 0) is 19.1 Å². The van der Waals surface area contributed by atoms with Crippen LogP contribution >= 0.6 is 0 Å². The van der Waals surface area contributed by atoms with Gasteiger partial charge in [-0.1, -0.05) is 12.1 Å². The van der Waals surface area contributed by atoms with Crippen LogP contribution in [0.2, 0.25) is 0 Å². The molecule has 1 aromatic rings. The molecule has 0 aliphatic carbocycles. The number of hydrogen-bond acceptors (Lipinski definition) is 6. The Labute approximate surface area is 128 Å². The van der Waals surface area contributed by atoms with Gasteiger partial charge in [-0.25, -0.2) is 9.59 Å². The number of carbonyl (C=O) groups excluding carboxylic acids is 4. The molecule has 0 saturated heterocycles. The van der Waals surface area contributed by atoms with Gasteiger partial charge in [-0.15, -0.1) is 0 Å². The van der Waals surface area contributed by atoms with Crippen molar-refractivity contribution < 1.29 is 28.7 Å². The molecule has 22 heavy (non-hydrogen) atoms. The molecule has 1 aromatic carbocycles. The van der Waals surface area contributed by atoms with Gasteiger partial charge in [-0.2, -0.15) is 0 Å². The first kappa shape index (κ1) is 17.6. The van der Waals surface area contributed by atoms with Crippen LogP contribution in [-0.4, -0.2) is 36.7 Å². The van der Waals surface area contributed by atoms with Gasteiger partial charge in [0.1, 0.15) is 11.6 Å². The van der Waals surface area contributed by atoms with Crippen LogP contribution in [0.3, 0.4) is 0 Å². The molecule has 0 aromatic heterocycles. The van der Waals surface area contributed by atoms with Crippen molar-refractivity contribution in [2.24, 2.45) is 0 Å². The molecule has 0 atom stereocenters. The molecule has 0 radical (unpaired) electrons. The lowest BCUT2D eigenvalue weighted by Gasteiger charge is -2.09. The molecule has 118 valence electrons. The molecule has 0 heterocycles. The average molecular weight is 306 g/mol. The van der Waals surface area contributed by atoms with Crippen LogP contribution in [0.1, 0.15) is 47.4 Å². The molecule has 1 rings (SSSR count). The normalized spacial score (nSPS) is 9.91. The van der Waals surface area contributed by atoms with Crippen molar-refractivity contribution in [2.75, 3.05) is 13.2 Å². The van der Waals surface area contributed by atoms with Crippen LogP contribution in [0.4, 0.5) is 0 Å². The first-order valence-electron chi connectivity index (χ1n) is 6.84. The largest absolute Gasteiger partial charge is 0.462 e. The highest BCUT2D eigenvalue weighted by molar-refractivity contribution is 6.03. The fourth-order valence-corrected chi connectivity index (χ4v) is 1.57. The Hall–Kier alpha value is -2.50. The molecule has 0 amide bonds. The molecule has 0 fully saturated rings. The Bertz CT molecular complexity index is 525. The summed E-state index contributed by atoms with van der Waals surface area (Å²) in [6, 6.07) is 6.07. The van der Waals surface area contributed by atoms with E-state index in [9.17, 15) is 19.2 Å². The lowest BCUT2D eigenvalue weighted by Crippen LogP contribution is -2.16. The van der Waals surface area contributed by atoms with Crippen molar-refractivity contribution in [1.29, 1.82) is 0 Å². The van der Waals surface area contributed by atoms with E-state index in [0.717, 1.165) is 0 Å². The van der Waals surface area contributed by atoms with Crippen molar-refractivity contribution in [2.45, 2.75) is 26.7 Å². The Morgan fingerprint density at radius 2 is 1.14 bits per heavy atom. The average Bonchev–Trinajstić information content (AvgIpc) is 2.46. The topological polar surface area (TPSA) is 86.7 Å². The molecule has 0 spiro atoms. The summed E-state index contributed by atoms with van der Waals surface area (Å²) in [4.78, 5) is 45.5. The Balaban J connectivity index is 2.71. The van der Waals surface area contributed by atoms with E-state index in [2.05, 4.69) is 0 Å². The SMILES string of the molecule is CC(=O)CCOC(=O)c1ccccc1C(=O)OCCC(C)=O. The molecule has 0 N–H and O–H groups in total. The van der Waals surface area contributed by atoms with Crippen LogP contribution < -0.4 is 0 Å². The number of carbonyl (C=O) groups is 4. The van der Waals surface area contributed by atoms with Crippen LogP contribution in [0.25, 0.3) is 0 Å². The highest BCUT2D eigenvalue weighted by Crippen LogP contribution is 2.12. The quantitative estimate of drug-likeness (QED) is 0.682. The second-order valence-electron chi connectivity index (χ2n) is 4.72. The molecule has 6 nitrogen and oxygen atoms in total. The summed E-state index contributed by atoms with van der Waals surface area (Å²) in [6.07, 6.45) is 0.244. The summed E-state index contributed by atoms with van der Waals surface area (Å²) >= 11 is 0. The van der Waals surface area contributed by atoms with E-state index in [1.165, 1.54) is 26.0 Å². The molecule has 6 heteroatoms. The molecular weight excluding hydrogens is 288 g/mol. The molecule has 0 aliphatic heterocycles. The number of benzene rings is 1. The number of hydrogen-bond donors (Lipinski definition) is 0. The summed E-state index contributed by atoms with van der Waals surface area (Å²) in [7, 11) is 0. The minimum Gasteiger partial charge on any atom is -0.462 e. The van der Waals surface area contributed by atoms with E-state index in [1.807, 2.05) is 0 Å². The van der Waals surface area contributed by atoms with Crippen molar-refractivity contribution in [3.8, 4) is 0 Å². The Morgan fingerprint density at radius 3 is 1.45 bits per heavy atom. The zero-order chi connectivity index (χ0) is 16.5. The van der Waals surface area contributed by atoms with Crippen LogP contribution in [0, 0.1) is 0 Å². The maximum Gasteiger partial charge on any atom is 0.339 e. The van der Waals surface area contributed by atoms with E-state index >= 15 is 0 Å². The number of ketones is 2. The lowest BCUT2D eigenvalue weighted by atomic mass is 10.1. The smallest absolute Gasteiger partial charge is 0.339 e. The zero-order valence-electron chi connectivity index (χ0n) is 12.6. The van der Waals surface area contributed by atoms with Crippen molar-refractivity contribution in [3.63, 3.8) is 0 Å². The fourth-order valence-electron chi connectivity index (χ4n) is 1.57. The summed E-state index contributed by atoms with van der Waals surface area (Å²) < 4.78 is 9.90. The summed E-state index contributed by atoms with van der Waals surface area (Å²) in [5.74, 6) is -1.57. The first-order valence-corrected chi connectivity index (χ1v) is 6.84. The second-order valence-corrected chi connectivity index (χ2v) is 4.72. The van der Waals surface area contributed by atoms with Gasteiger partial charge in [-0.3, -0.25) is 9.59 Å². The number of esters is 2. The van der Waals surface area contributed by atoms with Gasteiger partial charge in [0, 0.05) is 12.8 Å². The monoisotopic (exact) mass is 306 g/mol. The molecule has 0 bridgehead atoms. The minimum atomic E-state index is -0.694. The van der Waals surface area contributed by atoms with Gasteiger partial charge in [0.05, 0.1) is 24.3 Å². The van der Waals surface area contributed by atoms with E-state index in [4.69, 9.17) is 9.47 Å². The van der Waals surface area contributed by atoms with E-state index in [-0.39, 0.29) is 48.7 Å². The third kappa shape index (κ3) is 5.87. The summed E-state index contributed by atoms with van der Waals surface area (Å²) in [6.45, 7) is 2.71.